The molecule has 0 unspecified atom stereocenters. The third kappa shape index (κ3) is 3.91. The molecule has 0 fully saturated rings. The van der Waals surface area contributed by atoms with Crippen molar-refractivity contribution >= 4 is 34.3 Å². The zero-order valence-corrected chi connectivity index (χ0v) is 17.4. The van der Waals surface area contributed by atoms with Gasteiger partial charge in [0.05, 0.1) is 11.7 Å². The first-order valence-electron chi connectivity index (χ1n) is 10.2. The summed E-state index contributed by atoms with van der Waals surface area (Å²) in [5.74, 6) is 1.69. The number of aromatic nitrogens is 4. The van der Waals surface area contributed by atoms with E-state index in [1.807, 2.05) is 85.8 Å². The van der Waals surface area contributed by atoms with Crippen LogP contribution >= 0.6 is 0 Å². The molecular formula is C25H20N6O. The predicted molar refractivity (Wildman–Crippen MR) is 126 cm³/mol. The van der Waals surface area contributed by atoms with Crippen molar-refractivity contribution in [2.45, 2.75) is 6.92 Å². The van der Waals surface area contributed by atoms with Gasteiger partial charge in [0.25, 0.3) is 0 Å². The molecule has 3 aromatic carbocycles. The van der Waals surface area contributed by atoms with Gasteiger partial charge in [-0.1, -0.05) is 54.6 Å². The SMILES string of the molecule is Cc1cccc(NC(=O)n2nccc2Nc2nc(-c3ccccc3)nc3ccccc23)c1. The van der Waals surface area contributed by atoms with E-state index in [0.717, 1.165) is 22.0 Å². The Kier molecular flexibility index (Phi) is 5.05. The van der Waals surface area contributed by atoms with Gasteiger partial charge in [-0.3, -0.25) is 0 Å². The molecule has 0 saturated carbocycles. The van der Waals surface area contributed by atoms with E-state index in [9.17, 15) is 4.79 Å². The molecule has 0 atom stereocenters. The molecule has 0 aliphatic rings. The largest absolute Gasteiger partial charge is 0.348 e. The van der Waals surface area contributed by atoms with Crippen LogP contribution < -0.4 is 10.6 Å². The number of para-hydroxylation sites is 1. The number of anilines is 3. The number of carbonyl (C=O) groups excluding carboxylic acids is 1. The first kappa shape index (κ1) is 19.4. The highest BCUT2D eigenvalue weighted by molar-refractivity contribution is 5.95. The maximum atomic E-state index is 12.9. The second-order valence-corrected chi connectivity index (χ2v) is 7.33. The molecule has 0 aliphatic carbocycles. The normalized spacial score (nSPS) is 10.8. The van der Waals surface area contributed by atoms with Crippen LogP contribution in [0, 0.1) is 6.92 Å². The van der Waals surface area contributed by atoms with Gasteiger partial charge in [0.2, 0.25) is 0 Å². The van der Waals surface area contributed by atoms with Gasteiger partial charge in [-0.25, -0.2) is 14.8 Å². The van der Waals surface area contributed by atoms with Crippen LogP contribution in [0.5, 0.6) is 0 Å². The maximum absolute atomic E-state index is 12.9. The number of rotatable bonds is 4. The van der Waals surface area contributed by atoms with Crippen LogP contribution in [0.3, 0.4) is 0 Å². The Bertz CT molecular complexity index is 1410. The Morgan fingerprint density at radius 1 is 0.875 bits per heavy atom. The molecule has 156 valence electrons. The fraction of sp³-hybridized carbons (Fsp3) is 0.0400. The van der Waals surface area contributed by atoms with Gasteiger partial charge in [0.15, 0.2) is 5.82 Å². The minimum absolute atomic E-state index is 0.371. The van der Waals surface area contributed by atoms with E-state index in [4.69, 9.17) is 9.97 Å². The molecule has 2 aromatic heterocycles. The van der Waals surface area contributed by atoms with Crippen LogP contribution in [0.4, 0.5) is 22.1 Å². The molecule has 0 aliphatic heterocycles. The summed E-state index contributed by atoms with van der Waals surface area (Å²) in [5, 5.41) is 11.2. The van der Waals surface area contributed by atoms with Crippen molar-refractivity contribution < 1.29 is 4.79 Å². The Morgan fingerprint density at radius 3 is 2.53 bits per heavy atom. The Hall–Kier alpha value is -4.52. The molecule has 5 aromatic rings. The second kappa shape index (κ2) is 8.31. The van der Waals surface area contributed by atoms with Crippen LogP contribution in [-0.4, -0.2) is 25.8 Å². The quantitative estimate of drug-likeness (QED) is 0.394. The van der Waals surface area contributed by atoms with E-state index in [2.05, 4.69) is 15.7 Å². The molecule has 0 bridgehead atoms. The Balaban J connectivity index is 1.50. The van der Waals surface area contributed by atoms with Gasteiger partial charge in [0.1, 0.15) is 11.6 Å². The summed E-state index contributed by atoms with van der Waals surface area (Å²) < 4.78 is 1.28. The Morgan fingerprint density at radius 2 is 1.69 bits per heavy atom. The van der Waals surface area contributed by atoms with Crippen LogP contribution in [0.1, 0.15) is 5.56 Å². The number of hydrogen-bond acceptors (Lipinski definition) is 5. The fourth-order valence-electron chi connectivity index (χ4n) is 3.47. The lowest BCUT2D eigenvalue weighted by Crippen LogP contribution is -2.22. The van der Waals surface area contributed by atoms with Crippen molar-refractivity contribution in [3.05, 3.63) is 96.7 Å². The highest BCUT2D eigenvalue weighted by Crippen LogP contribution is 2.27. The number of hydrogen-bond donors (Lipinski definition) is 2. The molecule has 2 N–H and O–H groups in total. The van der Waals surface area contributed by atoms with E-state index < -0.39 is 0 Å². The van der Waals surface area contributed by atoms with Crippen molar-refractivity contribution in [1.29, 1.82) is 0 Å². The van der Waals surface area contributed by atoms with Gasteiger partial charge in [-0.15, -0.1) is 0 Å². The number of fused-ring (bicyclic) bond motifs is 1. The molecule has 2 heterocycles. The van der Waals surface area contributed by atoms with Gasteiger partial charge in [-0.05, 0) is 36.8 Å². The standard InChI is InChI=1S/C25H20N6O/c1-17-8-7-11-19(16-17)27-25(32)31-22(14-15-26-31)29-24-20-12-5-6-13-21(20)28-23(30-24)18-9-3-2-4-10-18/h2-16H,1H3,(H,27,32)(H,28,29,30). The molecule has 0 saturated heterocycles. The van der Waals surface area contributed by atoms with Crippen molar-refractivity contribution in [3.63, 3.8) is 0 Å². The van der Waals surface area contributed by atoms with E-state index in [1.165, 1.54) is 4.68 Å². The summed E-state index contributed by atoms with van der Waals surface area (Å²) in [6.07, 6.45) is 1.57. The summed E-state index contributed by atoms with van der Waals surface area (Å²) in [4.78, 5) is 22.3. The van der Waals surface area contributed by atoms with Gasteiger partial charge in [0, 0.05) is 22.7 Å². The highest BCUT2D eigenvalue weighted by Gasteiger charge is 2.15. The lowest BCUT2D eigenvalue weighted by molar-refractivity contribution is 0.251. The molecule has 0 spiro atoms. The number of aryl methyl sites for hydroxylation is 1. The summed E-state index contributed by atoms with van der Waals surface area (Å²) in [6, 6.07) is 26.5. The van der Waals surface area contributed by atoms with Crippen LogP contribution in [0.15, 0.2) is 91.1 Å². The number of benzene rings is 3. The fourth-order valence-corrected chi connectivity index (χ4v) is 3.47. The minimum Gasteiger partial charge on any atom is -0.324 e. The maximum Gasteiger partial charge on any atom is 0.348 e. The topological polar surface area (TPSA) is 84.7 Å². The zero-order valence-electron chi connectivity index (χ0n) is 17.4. The van der Waals surface area contributed by atoms with Crippen molar-refractivity contribution in [2.75, 3.05) is 10.6 Å². The lowest BCUT2D eigenvalue weighted by Gasteiger charge is -2.13. The van der Waals surface area contributed by atoms with E-state index >= 15 is 0 Å². The average Bonchev–Trinajstić information content (AvgIpc) is 3.28. The van der Waals surface area contributed by atoms with Crippen LogP contribution in [0.2, 0.25) is 0 Å². The van der Waals surface area contributed by atoms with E-state index in [0.29, 0.717) is 23.1 Å². The number of nitrogens with zero attached hydrogens (tertiary/aromatic N) is 4. The predicted octanol–water partition coefficient (Wildman–Crippen LogP) is 5.63. The monoisotopic (exact) mass is 420 g/mol. The van der Waals surface area contributed by atoms with Gasteiger partial charge < -0.3 is 10.6 Å². The van der Waals surface area contributed by atoms with Crippen LogP contribution in [-0.2, 0) is 0 Å². The van der Waals surface area contributed by atoms with Gasteiger partial charge >= 0.3 is 6.03 Å². The van der Waals surface area contributed by atoms with Gasteiger partial charge in [-0.2, -0.15) is 9.78 Å². The first-order chi connectivity index (χ1) is 15.7. The second-order valence-electron chi connectivity index (χ2n) is 7.33. The number of amides is 1. The van der Waals surface area contributed by atoms with E-state index in [1.54, 1.807) is 12.3 Å². The first-order valence-corrected chi connectivity index (χ1v) is 10.2. The molecular weight excluding hydrogens is 400 g/mol. The third-order valence-electron chi connectivity index (χ3n) is 4.99. The molecule has 7 heteroatoms. The molecule has 7 nitrogen and oxygen atoms in total. The number of carbonyl (C=O) groups is 1. The minimum atomic E-state index is -0.371. The molecule has 5 rings (SSSR count). The van der Waals surface area contributed by atoms with Crippen molar-refractivity contribution in [2.24, 2.45) is 0 Å². The smallest absolute Gasteiger partial charge is 0.324 e. The summed E-state index contributed by atoms with van der Waals surface area (Å²) >= 11 is 0. The third-order valence-corrected chi connectivity index (χ3v) is 4.99. The molecule has 32 heavy (non-hydrogen) atoms. The summed E-state index contributed by atoms with van der Waals surface area (Å²) in [7, 11) is 0. The molecule has 0 radical (unpaired) electrons. The summed E-state index contributed by atoms with van der Waals surface area (Å²) in [5.41, 5.74) is 3.48. The van der Waals surface area contributed by atoms with Crippen LogP contribution in [0.25, 0.3) is 22.3 Å². The molecule has 1 amide bonds. The summed E-state index contributed by atoms with van der Waals surface area (Å²) in [6.45, 7) is 1.97. The van der Waals surface area contributed by atoms with Crippen molar-refractivity contribution in [3.8, 4) is 11.4 Å². The average molecular weight is 420 g/mol. The highest BCUT2D eigenvalue weighted by atomic mass is 16.2. The van der Waals surface area contributed by atoms with Crippen molar-refractivity contribution in [1.82, 2.24) is 19.7 Å². The lowest BCUT2D eigenvalue weighted by atomic mass is 10.2. The van der Waals surface area contributed by atoms with E-state index in [-0.39, 0.29) is 6.03 Å². The number of nitrogens with one attached hydrogen (secondary N) is 2. The Labute approximate surface area is 184 Å². The zero-order chi connectivity index (χ0) is 21.9.